The number of rotatable bonds is 6. The van der Waals surface area contributed by atoms with Crippen LogP contribution in [0, 0.1) is 0 Å². The highest BCUT2D eigenvalue weighted by Gasteiger charge is 2.17. The molecule has 0 aliphatic heterocycles. The molecule has 3 N–H and O–H groups in total. The summed E-state index contributed by atoms with van der Waals surface area (Å²) in [7, 11) is 0. The quantitative estimate of drug-likeness (QED) is 0.483. The van der Waals surface area contributed by atoms with Crippen LogP contribution in [0.1, 0.15) is 25.0 Å². The second-order valence-electron chi connectivity index (χ2n) is 6.79. The van der Waals surface area contributed by atoms with Gasteiger partial charge >= 0.3 is 0 Å². The van der Waals surface area contributed by atoms with E-state index >= 15 is 0 Å². The van der Waals surface area contributed by atoms with E-state index in [-0.39, 0.29) is 12.4 Å². The van der Waals surface area contributed by atoms with E-state index in [2.05, 4.69) is 48.7 Å². The molecule has 0 amide bonds. The molecule has 0 radical (unpaired) electrons. The van der Waals surface area contributed by atoms with Crippen LogP contribution in [0.15, 0.2) is 72.8 Å². The Kier molecular flexibility index (Phi) is 6.81. The van der Waals surface area contributed by atoms with Gasteiger partial charge in [-0.1, -0.05) is 62.4 Å². The predicted molar refractivity (Wildman–Crippen MR) is 116 cm³/mol. The van der Waals surface area contributed by atoms with Gasteiger partial charge in [-0.3, -0.25) is 5.32 Å². The molecule has 0 bridgehead atoms. The van der Waals surface area contributed by atoms with E-state index in [1.807, 2.05) is 48.5 Å². The van der Waals surface area contributed by atoms with Crippen LogP contribution in [0.4, 0.5) is 23.0 Å². The molecule has 0 atom stereocenters. The summed E-state index contributed by atoms with van der Waals surface area (Å²) in [6, 6.07) is 24.8. The maximum Gasteiger partial charge on any atom is 0.273 e. The van der Waals surface area contributed by atoms with Gasteiger partial charge in [0.15, 0.2) is 0 Å². The van der Waals surface area contributed by atoms with Crippen LogP contribution in [-0.4, -0.2) is 9.97 Å². The molecule has 0 spiro atoms. The Labute approximate surface area is 177 Å². The second-order valence-corrected chi connectivity index (χ2v) is 6.79. The fourth-order valence-electron chi connectivity index (χ4n) is 3.38. The maximum absolute atomic E-state index is 5.07. The highest BCUT2D eigenvalue weighted by molar-refractivity contribution is 5.85. The minimum absolute atomic E-state index is 0. The predicted octanol–water partition coefficient (Wildman–Crippen LogP) is 2.03. The molecule has 148 valence electrons. The number of nitrogens with one attached hydrogen (secondary N) is 1. The van der Waals surface area contributed by atoms with Crippen molar-refractivity contribution in [3.8, 4) is 0 Å². The molecule has 4 nitrogen and oxygen atoms in total. The van der Waals surface area contributed by atoms with Gasteiger partial charge in [0.2, 0.25) is 5.82 Å². The summed E-state index contributed by atoms with van der Waals surface area (Å²) in [6.45, 7) is 4.33. The fraction of sp³-hybridized carbons (Fsp3) is 0.167. The molecule has 0 aliphatic carbocycles. The van der Waals surface area contributed by atoms with Crippen molar-refractivity contribution in [3.63, 3.8) is 0 Å². The number of anilines is 2. The average Bonchev–Trinajstić information content (AvgIpc) is 2.75. The van der Waals surface area contributed by atoms with Crippen LogP contribution in [0.25, 0.3) is 11.0 Å². The molecule has 0 fully saturated rings. The monoisotopic (exact) mass is 404 g/mol. The first-order chi connectivity index (χ1) is 13.8. The lowest BCUT2D eigenvalue weighted by molar-refractivity contribution is -0.482. The molecular formula is C24H25ClN4. The molecule has 4 aromatic rings. The first-order valence-corrected chi connectivity index (χ1v) is 9.83. The third-order valence-corrected chi connectivity index (χ3v) is 4.92. The van der Waals surface area contributed by atoms with Gasteiger partial charge in [0.25, 0.3) is 5.82 Å². The third-order valence-electron chi connectivity index (χ3n) is 4.92. The normalized spacial score (nSPS) is 10.6. The van der Waals surface area contributed by atoms with Crippen LogP contribution < -0.4 is 23.0 Å². The van der Waals surface area contributed by atoms with Gasteiger partial charge in [0, 0.05) is 5.69 Å². The van der Waals surface area contributed by atoms with Crippen LogP contribution in [0.2, 0.25) is 0 Å². The Morgan fingerprint density at radius 3 is 1.86 bits per heavy atom. The molecule has 0 aliphatic rings. The lowest BCUT2D eigenvalue weighted by atomic mass is 10.0. The van der Waals surface area contributed by atoms with Gasteiger partial charge in [0.05, 0.1) is 11.0 Å². The van der Waals surface area contributed by atoms with E-state index in [1.165, 1.54) is 11.1 Å². The zero-order valence-electron chi connectivity index (χ0n) is 16.7. The number of nitrogens with two attached hydrogens (primary N) is 1. The fourth-order valence-corrected chi connectivity index (χ4v) is 3.38. The number of benzene rings is 3. The number of quaternary nitrogens is 1. The molecule has 0 unspecified atom stereocenters. The molecular weight excluding hydrogens is 380 g/mol. The maximum atomic E-state index is 5.07. The number of nitrogens with zero attached hydrogens (tertiary/aromatic N) is 2. The second kappa shape index (κ2) is 9.50. The topological polar surface area (TPSA) is 54.4 Å². The van der Waals surface area contributed by atoms with Crippen LogP contribution >= 0.6 is 0 Å². The summed E-state index contributed by atoms with van der Waals surface area (Å²) in [5.74, 6) is 1.64. The number of aromatic nitrogens is 2. The van der Waals surface area contributed by atoms with Crippen molar-refractivity contribution in [2.45, 2.75) is 26.7 Å². The Bertz CT molecular complexity index is 994. The largest absolute Gasteiger partial charge is 1.00 e. The van der Waals surface area contributed by atoms with Gasteiger partial charge in [-0.2, -0.15) is 4.98 Å². The summed E-state index contributed by atoms with van der Waals surface area (Å²) in [5, 5.41) is 5.56. The summed E-state index contributed by atoms with van der Waals surface area (Å²) in [4.78, 5) is 10.1. The van der Waals surface area contributed by atoms with Gasteiger partial charge in [0.1, 0.15) is 5.69 Å². The van der Waals surface area contributed by atoms with Crippen molar-refractivity contribution >= 4 is 34.0 Å². The lowest BCUT2D eigenvalue weighted by Crippen LogP contribution is -3.00. The SMILES string of the molecule is CCc1ccc(CC)c2nc([NH2+]c3ccccc3)c(Nc3ccccc3)nc12.[Cl-]. The highest BCUT2D eigenvalue weighted by atomic mass is 35.5. The smallest absolute Gasteiger partial charge is 0.273 e. The van der Waals surface area contributed by atoms with Crippen molar-refractivity contribution in [3.05, 3.63) is 83.9 Å². The molecule has 1 aromatic heterocycles. The molecule has 3 aromatic carbocycles. The van der Waals surface area contributed by atoms with Gasteiger partial charge in [-0.05, 0) is 48.2 Å². The van der Waals surface area contributed by atoms with Crippen molar-refractivity contribution < 1.29 is 17.7 Å². The minimum Gasteiger partial charge on any atom is -1.00 e. The van der Waals surface area contributed by atoms with Crippen LogP contribution in [-0.2, 0) is 12.8 Å². The van der Waals surface area contributed by atoms with E-state index in [9.17, 15) is 0 Å². The van der Waals surface area contributed by atoms with Gasteiger partial charge < -0.3 is 17.7 Å². The van der Waals surface area contributed by atoms with Crippen molar-refractivity contribution in [2.75, 3.05) is 5.32 Å². The lowest BCUT2D eigenvalue weighted by Gasteiger charge is -2.13. The number of fused-ring (bicyclic) bond motifs is 1. The molecule has 0 saturated carbocycles. The van der Waals surface area contributed by atoms with E-state index in [0.717, 1.165) is 46.9 Å². The molecule has 5 heteroatoms. The molecule has 4 rings (SSSR count). The molecule has 1 heterocycles. The third kappa shape index (κ3) is 4.56. The first kappa shape index (κ1) is 20.8. The van der Waals surface area contributed by atoms with E-state index in [4.69, 9.17) is 9.97 Å². The summed E-state index contributed by atoms with van der Waals surface area (Å²) < 4.78 is 0. The van der Waals surface area contributed by atoms with Crippen molar-refractivity contribution in [1.82, 2.24) is 9.97 Å². The van der Waals surface area contributed by atoms with E-state index < -0.39 is 0 Å². The zero-order chi connectivity index (χ0) is 19.3. The number of para-hydroxylation sites is 2. The molecule has 0 saturated heterocycles. The summed E-state index contributed by atoms with van der Waals surface area (Å²) in [6.07, 6.45) is 1.87. The summed E-state index contributed by atoms with van der Waals surface area (Å²) >= 11 is 0. The number of hydrogen-bond donors (Lipinski definition) is 2. The summed E-state index contributed by atoms with van der Waals surface area (Å²) in [5.41, 5.74) is 6.56. The Morgan fingerprint density at radius 2 is 1.28 bits per heavy atom. The standard InChI is InChI=1S/C24H24N4.ClH/c1-3-17-15-16-18(4-2)22-21(17)27-23(25-19-11-7-5-8-12-19)24(28-22)26-20-13-9-6-10-14-20;/h5-16H,3-4H2,1-2H3,(H,25,27)(H,26,28);1H. The van der Waals surface area contributed by atoms with Crippen molar-refractivity contribution in [2.24, 2.45) is 0 Å². The van der Waals surface area contributed by atoms with Crippen molar-refractivity contribution in [1.29, 1.82) is 0 Å². The van der Waals surface area contributed by atoms with Crippen LogP contribution in [0.5, 0.6) is 0 Å². The highest BCUT2D eigenvalue weighted by Crippen LogP contribution is 2.27. The zero-order valence-corrected chi connectivity index (χ0v) is 17.4. The van der Waals surface area contributed by atoms with E-state index in [1.54, 1.807) is 0 Å². The Morgan fingerprint density at radius 1 is 0.724 bits per heavy atom. The number of hydrogen-bond acceptors (Lipinski definition) is 3. The van der Waals surface area contributed by atoms with Gasteiger partial charge in [-0.15, -0.1) is 0 Å². The number of halogens is 1. The average molecular weight is 405 g/mol. The minimum atomic E-state index is 0. The van der Waals surface area contributed by atoms with Crippen LogP contribution in [0.3, 0.4) is 0 Å². The number of aryl methyl sites for hydroxylation is 2. The van der Waals surface area contributed by atoms with E-state index in [0.29, 0.717) is 0 Å². The van der Waals surface area contributed by atoms with Gasteiger partial charge in [-0.25, -0.2) is 4.98 Å². The molecule has 29 heavy (non-hydrogen) atoms. The Hall–Kier alpha value is -2.95. The first-order valence-electron chi connectivity index (χ1n) is 9.83. The Balaban J connectivity index is 0.00000240.